The Morgan fingerprint density at radius 3 is 3.12 bits per heavy atom. The quantitative estimate of drug-likeness (QED) is 0.712. The van der Waals surface area contributed by atoms with Crippen molar-refractivity contribution in [3.8, 4) is 0 Å². The van der Waals surface area contributed by atoms with Crippen LogP contribution in [0, 0.1) is 0 Å². The number of rotatable bonds is 7. The zero-order valence-corrected chi connectivity index (χ0v) is 9.78. The number of aryl methyl sites for hydroxylation is 1. The average Bonchev–Trinajstić information content (AvgIpc) is 2.97. The lowest BCUT2D eigenvalue weighted by Gasteiger charge is -2.05. The normalized spacial score (nSPS) is 15.3. The molecule has 0 aromatic carbocycles. The molecule has 1 aliphatic rings. The van der Waals surface area contributed by atoms with Crippen molar-refractivity contribution in [3.63, 3.8) is 0 Å². The van der Waals surface area contributed by atoms with E-state index in [9.17, 15) is 4.79 Å². The third-order valence-corrected chi connectivity index (χ3v) is 2.79. The molecule has 1 aliphatic carbocycles. The number of hydrogen-bond donors (Lipinski definition) is 1. The Morgan fingerprint density at radius 1 is 1.62 bits per heavy atom. The number of aromatic nitrogens is 2. The van der Waals surface area contributed by atoms with E-state index in [4.69, 9.17) is 0 Å². The van der Waals surface area contributed by atoms with Gasteiger partial charge in [-0.15, -0.1) is 0 Å². The van der Waals surface area contributed by atoms with E-state index < -0.39 is 0 Å². The van der Waals surface area contributed by atoms with Gasteiger partial charge in [0.15, 0.2) is 11.6 Å². The number of hydrogen-bond acceptors (Lipinski definition) is 3. The van der Waals surface area contributed by atoms with E-state index in [1.54, 1.807) is 6.20 Å². The van der Waals surface area contributed by atoms with E-state index in [1.165, 1.54) is 12.8 Å². The topological polar surface area (TPSA) is 46.9 Å². The van der Waals surface area contributed by atoms with Crippen LogP contribution in [-0.4, -0.2) is 27.9 Å². The van der Waals surface area contributed by atoms with E-state index >= 15 is 0 Å². The summed E-state index contributed by atoms with van der Waals surface area (Å²) in [5.74, 6) is 0.756. The first kappa shape index (κ1) is 11.3. The van der Waals surface area contributed by atoms with Crippen LogP contribution in [0.1, 0.15) is 43.2 Å². The van der Waals surface area contributed by atoms with Crippen LogP contribution in [0.25, 0.3) is 0 Å². The lowest BCUT2D eigenvalue weighted by Crippen LogP contribution is -2.21. The lowest BCUT2D eigenvalue weighted by molar-refractivity contribution is 0.0968. The SMILES string of the molecule is CCCn1ccnc1C(=O)CCNC1CC1. The van der Waals surface area contributed by atoms with E-state index in [0.717, 1.165) is 19.5 Å². The van der Waals surface area contributed by atoms with Crippen molar-refractivity contribution in [2.75, 3.05) is 6.54 Å². The molecule has 4 heteroatoms. The van der Waals surface area contributed by atoms with Gasteiger partial charge in [0.05, 0.1) is 0 Å². The number of imidazole rings is 1. The first-order valence-electron chi connectivity index (χ1n) is 6.09. The Morgan fingerprint density at radius 2 is 2.44 bits per heavy atom. The van der Waals surface area contributed by atoms with Crippen LogP contribution in [0.5, 0.6) is 0 Å². The zero-order chi connectivity index (χ0) is 11.4. The van der Waals surface area contributed by atoms with Crippen LogP contribution in [0.15, 0.2) is 12.4 Å². The molecule has 0 saturated heterocycles. The number of nitrogens with zero attached hydrogens (tertiary/aromatic N) is 2. The number of Topliss-reactive ketones (excluding diaryl/α,β-unsaturated/α-hetero) is 1. The molecule has 1 N–H and O–H groups in total. The number of ketones is 1. The second-order valence-electron chi connectivity index (χ2n) is 4.35. The van der Waals surface area contributed by atoms with Gasteiger partial charge in [0.2, 0.25) is 0 Å². The molecule has 0 aliphatic heterocycles. The minimum atomic E-state index is 0.145. The fourth-order valence-corrected chi connectivity index (χ4v) is 1.77. The van der Waals surface area contributed by atoms with E-state index in [2.05, 4.69) is 17.2 Å². The molecule has 0 atom stereocenters. The van der Waals surface area contributed by atoms with Gasteiger partial charge in [0, 0.05) is 37.9 Å². The summed E-state index contributed by atoms with van der Waals surface area (Å²) in [5, 5.41) is 3.34. The van der Waals surface area contributed by atoms with Crippen molar-refractivity contribution < 1.29 is 4.79 Å². The molecule has 0 amide bonds. The minimum Gasteiger partial charge on any atom is -0.329 e. The first-order valence-corrected chi connectivity index (χ1v) is 6.09. The fraction of sp³-hybridized carbons (Fsp3) is 0.667. The first-order chi connectivity index (χ1) is 7.81. The molecule has 88 valence electrons. The highest BCUT2D eigenvalue weighted by Crippen LogP contribution is 2.18. The molecular weight excluding hydrogens is 202 g/mol. The van der Waals surface area contributed by atoms with Crippen LogP contribution >= 0.6 is 0 Å². The zero-order valence-electron chi connectivity index (χ0n) is 9.78. The van der Waals surface area contributed by atoms with Gasteiger partial charge < -0.3 is 9.88 Å². The summed E-state index contributed by atoms with van der Waals surface area (Å²) in [5.41, 5.74) is 0. The third-order valence-electron chi connectivity index (χ3n) is 2.79. The second-order valence-corrected chi connectivity index (χ2v) is 4.35. The van der Waals surface area contributed by atoms with Crippen molar-refractivity contribution in [2.45, 2.75) is 45.2 Å². The molecule has 1 saturated carbocycles. The average molecular weight is 221 g/mol. The van der Waals surface area contributed by atoms with Crippen LogP contribution in [0.4, 0.5) is 0 Å². The van der Waals surface area contributed by atoms with Crippen LogP contribution in [0.2, 0.25) is 0 Å². The molecule has 1 aromatic heterocycles. The maximum atomic E-state index is 11.9. The molecule has 0 radical (unpaired) electrons. The summed E-state index contributed by atoms with van der Waals surface area (Å²) in [7, 11) is 0. The largest absolute Gasteiger partial charge is 0.329 e. The highest BCUT2D eigenvalue weighted by Gasteiger charge is 2.20. The minimum absolute atomic E-state index is 0.145. The van der Waals surface area contributed by atoms with Gasteiger partial charge in [-0.3, -0.25) is 4.79 Å². The van der Waals surface area contributed by atoms with Gasteiger partial charge in [-0.2, -0.15) is 0 Å². The molecule has 2 rings (SSSR count). The van der Waals surface area contributed by atoms with Crippen LogP contribution in [0.3, 0.4) is 0 Å². The summed E-state index contributed by atoms with van der Waals surface area (Å²) in [4.78, 5) is 16.0. The third kappa shape index (κ3) is 2.92. The van der Waals surface area contributed by atoms with Crippen molar-refractivity contribution in [1.29, 1.82) is 0 Å². The Bertz CT molecular complexity index is 355. The molecule has 1 fully saturated rings. The molecule has 16 heavy (non-hydrogen) atoms. The molecule has 1 heterocycles. The molecular formula is C12H19N3O. The highest BCUT2D eigenvalue weighted by atomic mass is 16.1. The van der Waals surface area contributed by atoms with E-state index in [1.807, 2.05) is 10.8 Å². The van der Waals surface area contributed by atoms with Crippen molar-refractivity contribution in [2.24, 2.45) is 0 Å². The van der Waals surface area contributed by atoms with Gasteiger partial charge in [0.25, 0.3) is 0 Å². The summed E-state index contributed by atoms with van der Waals surface area (Å²) in [6.45, 7) is 3.75. The predicted molar refractivity (Wildman–Crippen MR) is 62.5 cm³/mol. The number of carbonyl (C=O) groups excluding carboxylic acids is 1. The van der Waals surface area contributed by atoms with E-state index in [0.29, 0.717) is 18.3 Å². The second kappa shape index (κ2) is 5.25. The maximum absolute atomic E-state index is 11.9. The Balaban J connectivity index is 1.83. The van der Waals surface area contributed by atoms with Gasteiger partial charge in [-0.25, -0.2) is 4.98 Å². The lowest BCUT2D eigenvalue weighted by atomic mass is 10.2. The Labute approximate surface area is 96.1 Å². The smallest absolute Gasteiger partial charge is 0.199 e. The van der Waals surface area contributed by atoms with Crippen molar-refractivity contribution in [3.05, 3.63) is 18.2 Å². The Kier molecular flexibility index (Phi) is 3.72. The summed E-state index contributed by atoms with van der Waals surface area (Å²) >= 11 is 0. The number of nitrogens with one attached hydrogen (secondary N) is 1. The Hall–Kier alpha value is -1.16. The van der Waals surface area contributed by atoms with E-state index in [-0.39, 0.29) is 5.78 Å². The van der Waals surface area contributed by atoms with Crippen LogP contribution < -0.4 is 5.32 Å². The van der Waals surface area contributed by atoms with Gasteiger partial charge in [-0.05, 0) is 19.3 Å². The fourth-order valence-electron chi connectivity index (χ4n) is 1.77. The summed E-state index contributed by atoms with van der Waals surface area (Å²) in [6, 6.07) is 0.670. The van der Waals surface area contributed by atoms with Gasteiger partial charge in [-0.1, -0.05) is 6.92 Å². The van der Waals surface area contributed by atoms with Gasteiger partial charge in [0.1, 0.15) is 0 Å². The number of carbonyl (C=O) groups is 1. The molecule has 0 bridgehead atoms. The standard InChI is InChI=1S/C12H19N3O/c1-2-8-15-9-7-14-12(15)11(16)5-6-13-10-3-4-10/h7,9-10,13H,2-6,8H2,1H3. The molecule has 4 nitrogen and oxygen atoms in total. The monoisotopic (exact) mass is 221 g/mol. The molecule has 0 spiro atoms. The van der Waals surface area contributed by atoms with Crippen LogP contribution in [-0.2, 0) is 6.54 Å². The highest BCUT2D eigenvalue weighted by molar-refractivity contribution is 5.92. The van der Waals surface area contributed by atoms with Gasteiger partial charge >= 0.3 is 0 Å². The van der Waals surface area contributed by atoms with Crippen molar-refractivity contribution in [1.82, 2.24) is 14.9 Å². The molecule has 1 aromatic rings. The van der Waals surface area contributed by atoms with Crippen molar-refractivity contribution >= 4 is 5.78 Å². The summed E-state index contributed by atoms with van der Waals surface area (Å²) < 4.78 is 1.94. The maximum Gasteiger partial charge on any atom is 0.199 e. The summed E-state index contributed by atoms with van der Waals surface area (Å²) in [6.07, 6.45) is 7.69. The predicted octanol–water partition coefficient (Wildman–Crippen LogP) is 1.62. The molecule has 0 unspecified atom stereocenters.